The number of benzene rings is 4. The first-order valence-corrected chi connectivity index (χ1v) is 11.7. The predicted molar refractivity (Wildman–Crippen MR) is 142 cm³/mol. The topological polar surface area (TPSA) is 111 Å². The summed E-state index contributed by atoms with van der Waals surface area (Å²) in [6.07, 6.45) is 0. The third-order valence-corrected chi connectivity index (χ3v) is 6.28. The number of nitrogens with one attached hydrogen (secondary N) is 2. The number of carbonyl (C=O) groups is 4. The Balaban J connectivity index is 1.58. The van der Waals surface area contributed by atoms with E-state index in [0.717, 1.165) is 0 Å². The van der Waals surface area contributed by atoms with E-state index in [0.29, 0.717) is 22.6 Å². The Bertz CT molecular complexity index is 1590. The second-order valence-electron chi connectivity index (χ2n) is 8.48. The Kier molecular flexibility index (Phi) is 6.45. The lowest BCUT2D eigenvalue weighted by molar-refractivity contribution is 0.0978. The van der Waals surface area contributed by atoms with Crippen LogP contribution in [0.25, 0.3) is 0 Å². The van der Waals surface area contributed by atoms with Crippen molar-refractivity contribution in [2.45, 2.75) is 0 Å². The highest BCUT2D eigenvalue weighted by Crippen LogP contribution is 2.37. The molecule has 0 spiro atoms. The molecule has 5 rings (SSSR count). The van der Waals surface area contributed by atoms with Crippen molar-refractivity contribution >= 4 is 34.8 Å². The van der Waals surface area contributed by atoms with E-state index in [1.165, 1.54) is 26.4 Å². The van der Waals surface area contributed by atoms with Crippen molar-refractivity contribution < 1.29 is 28.7 Å². The van der Waals surface area contributed by atoms with E-state index in [2.05, 4.69) is 10.6 Å². The van der Waals surface area contributed by atoms with Crippen LogP contribution >= 0.6 is 0 Å². The van der Waals surface area contributed by atoms with Crippen LogP contribution < -0.4 is 20.1 Å². The summed E-state index contributed by atoms with van der Waals surface area (Å²) in [5.41, 5.74) is 1.51. The van der Waals surface area contributed by atoms with Crippen molar-refractivity contribution in [1.82, 2.24) is 0 Å². The lowest BCUT2D eigenvalue weighted by Gasteiger charge is -2.23. The predicted octanol–water partition coefficient (Wildman–Crippen LogP) is 4.98. The first-order valence-electron chi connectivity index (χ1n) is 11.7. The lowest BCUT2D eigenvalue weighted by Crippen LogP contribution is -2.25. The summed E-state index contributed by atoms with van der Waals surface area (Å²) in [5, 5.41) is 5.53. The number of carbonyl (C=O) groups excluding carboxylic acids is 4. The minimum absolute atomic E-state index is 0.0168. The van der Waals surface area contributed by atoms with Gasteiger partial charge in [-0.3, -0.25) is 19.2 Å². The number of ether oxygens (including phenoxy) is 2. The highest BCUT2D eigenvalue weighted by atomic mass is 16.5. The molecule has 38 heavy (non-hydrogen) atoms. The summed E-state index contributed by atoms with van der Waals surface area (Å²) < 4.78 is 10.3. The average molecular weight is 507 g/mol. The minimum Gasteiger partial charge on any atom is -0.497 e. The van der Waals surface area contributed by atoms with Crippen LogP contribution in [0.3, 0.4) is 0 Å². The van der Waals surface area contributed by atoms with Crippen molar-refractivity contribution in [3.05, 3.63) is 118 Å². The van der Waals surface area contributed by atoms with Gasteiger partial charge in [0.15, 0.2) is 11.6 Å². The summed E-state index contributed by atoms with van der Waals surface area (Å²) in [4.78, 5) is 53.2. The summed E-state index contributed by atoms with van der Waals surface area (Å²) in [5.74, 6) is -0.611. The van der Waals surface area contributed by atoms with E-state index >= 15 is 0 Å². The number of hydrogen-bond acceptors (Lipinski definition) is 6. The van der Waals surface area contributed by atoms with Crippen molar-refractivity contribution in [2.75, 3.05) is 24.9 Å². The van der Waals surface area contributed by atoms with Crippen LogP contribution in [0, 0.1) is 0 Å². The second kappa shape index (κ2) is 10.0. The maximum absolute atomic E-state index is 13.6. The molecule has 4 aromatic carbocycles. The normalized spacial score (nSPS) is 11.7. The van der Waals surface area contributed by atoms with Crippen LogP contribution in [-0.4, -0.2) is 37.6 Å². The molecule has 0 atom stereocenters. The number of anilines is 2. The van der Waals surface area contributed by atoms with E-state index < -0.39 is 17.6 Å². The van der Waals surface area contributed by atoms with Gasteiger partial charge >= 0.3 is 0 Å². The molecule has 0 aliphatic heterocycles. The van der Waals surface area contributed by atoms with Gasteiger partial charge in [0.2, 0.25) is 0 Å². The molecule has 0 saturated carbocycles. The number of ketones is 2. The molecule has 0 saturated heterocycles. The molecule has 0 aromatic heterocycles. The molecule has 0 fully saturated rings. The van der Waals surface area contributed by atoms with Crippen molar-refractivity contribution in [3.8, 4) is 11.5 Å². The number of fused-ring (bicyclic) bond motifs is 2. The van der Waals surface area contributed by atoms with Crippen LogP contribution in [0.15, 0.2) is 84.9 Å². The molecule has 0 bridgehead atoms. The van der Waals surface area contributed by atoms with Gasteiger partial charge in [0, 0.05) is 27.8 Å². The fourth-order valence-electron chi connectivity index (χ4n) is 4.29. The van der Waals surface area contributed by atoms with Crippen LogP contribution in [0.2, 0.25) is 0 Å². The monoisotopic (exact) mass is 506 g/mol. The molecule has 8 nitrogen and oxygen atoms in total. The fourth-order valence-corrected chi connectivity index (χ4v) is 4.29. The van der Waals surface area contributed by atoms with E-state index in [-0.39, 0.29) is 39.4 Å². The van der Waals surface area contributed by atoms with E-state index in [1.54, 1.807) is 72.8 Å². The third kappa shape index (κ3) is 4.39. The second-order valence-corrected chi connectivity index (χ2v) is 8.48. The molecule has 1 aliphatic carbocycles. The van der Waals surface area contributed by atoms with Gasteiger partial charge in [0.1, 0.15) is 11.5 Å². The first-order chi connectivity index (χ1) is 18.4. The number of methoxy groups -OCH3 is 2. The van der Waals surface area contributed by atoms with Gasteiger partial charge in [-0.25, -0.2) is 0 Å². The molecule has 8 heteroatoms. The van der Waals surface area contributed by atoms with Gasteiger partial charge < -0.3 is 20.1 Å². The summed E-state index contributed by atoms with van der Waals surface area (Å²) in [6, 6.07) is 22.4. The molecule has 188 valence electrons. The van der Waals surface area contributed by atoms with Crippen LogP contribution in [0.4, 0.5) is 11.4 Å². The van der Waals surface area contributed by atoms with Crippen LogP contribution in [0.5, 0.6) is 11.5 Å². The zero-order valence-electron chi connectivity index (χ0n) is 20.5. The Morgan fingerprint density at radius 1 is 0.579 bits per heavy atom. The van der Waals surface area contributed by atoms with E-state index in [1.807, 2.05) is 0 Å². The SMILES string of the molecule is COc1ccc(C(=O)Nc2ccc3c(c2NC(=O)c2ccc(OC)cc2)C(=O)c2ccccc2C3=O)cc1. The molecule has 4 aromatic rings. The smallest absolute Gasteiger partial charge is 0.255 e. The number of rotatable bonds is 6. The molecule has 0 radical (unpaired) electrons. The van der Waals surface area contributed by atoms with Gasteiger partial charge in [-0.1, -0.05) is 24.3 Å². The molecule has 2 N–H and O–H groups in total. The summed E-state index contributed by atoms with van der Waals surface area (Å²) in [6.45, 7) is 0. The third-order valence-electron chi connectivity index (χ3n) is 6.28. The van der Waals surface area contributed by atoms with Crippen molar-refractivity contribution in [3.63, 3.8) is 0 Å². The molecular weight excluding hydrogens is 484 g/mol. The number of hydrogen-bond donors (Lipinski definition) is 2. The van der Waals surface area contributed by atoms with Gasteiger partial charge in [-0.15, -0.1) is 0 Å². The Morgan fingerprint density at radius 2 is 1.08 bits per heavy atom. The first kappa shape index (κ1) is 24.5. The van der Waals surface area contributed by atoms with Gasteiger partial charge in [0.05, 0.1) is 31.2 Å². The molecule has 2 amide bonds. The maximum atomic E-state index is 13.6. The number of amides is 2. The fraction of sp³-hybridized carbons (Fsp3) is 0.0667. The van der Waals surface area contributed by atoms with E-state index in [9.17, 15) is 19.2 Å². The maximum Gasteiger partial charge on any atom is 0.255 e. The Hall–Kier alpha value is -5.24. The summed E-state index contributed by atoms with van der Waals surface area (Å²) in [7, 11) is 3.04. The highest BCUT2D eigenvalue weighted by molar-refractivity contribution is 6.32. The molecule has 1 aliphatic rings. The lowest BCUT2D eigenvalue weighted by atomic mass is 9.82. The molecular formula is C30H22N2O6. The van der Waals surface area contributed by atoms with Gasteiger partial charge in [-0.2, -0.15) is 0 Å². The average Bonchev–Trinajstić information content (AvgIpc) is 2.96. The largest absolute Gasteiger partial charge is 0.497 e. The van der Waals surface area contributed by atoms with Gasteiger partial charge in [-0.05, 0) is 60.7 Å². The molecule has 0 heterocycles. The Morgan fingerprint density at radius 3 is 1.61 bits per heavy atom. The minimum atomic E-state index is -0.528. The standard InChI is InChI=1S/C30H22N2O6/c1-37-19-11-7-17(8-12-19)29(35)31-24-16-15-23-25(28(34)22-6-4-3-5-21(22)27(23)33)26(24)32-30(36)18-9-13-20(38-2)14-10-18/h3-16H,1-2H3,(H,31,35)(H,32,36). The van der Waals surface area contributed by atoms with Crippen molar-refractivity contribution in [2.24, 2.45) is 0 Å². The van der Waals surface area contributed by atoms with Crippen molar-refractivity contribution in [1.29, 1.82) is 0 Å². The quantitative estimate of drug-likeness (QED) is 0.336. The van der Waals surface area contributed by atoms with Gasteiger partial charge in [0.25, 0.3) is 11.8 Å². The Labute approximate surface area is 218 Å². The zero-order chi connectivity index (χ0) is 26.8. The van der Waals surface area contributed by atoms with E-state index in [4.69, 9.17) is 9.47 Å². The van der Waals surface area contributed by atoms with Crippen LogP contribution in [0.1, 0.15) is 52.6 Å². The molecule has 0 unspecified atom stereocenters. The summed E-state index contributed by atoms with van der Waals surface area (Å²) >= 11 is 0. The zero-order valence-corrected chi connectivity index (χ0v) is 20.5. The highest BCUT2D eigenvalue weighted by Gasteiger charge is 2.33. The van der Waals surface area contributed by atoms with Crippen LogP contribution in [-0.2, 0) is 0 Å².